The largest absolute Gasteiger partial charge is 0.295 e. The number of nitrogens with one attached hydrogen (secondary N) is 1. The van der Waals surface area contributed by atoms with Gasteiger partial charge in [-0.15, -0.1) is 10.2 Å². The van der Waals surface area contributed by atoms with Gasteiger partial charge in [-0.3, -0.25) is 19.5 Å². The molecule has 2 rings (SSSR count). The first-order valence-electron chi connectivity index (χ1n) is 5.60. The van der Waals surface area contributed by atoms with Crippen molar-refractivity contribution in [1.82, 2.24) is 19.6 Å². The van der Waals surface area contributed by atoms with E-state index >= 15 is 0 Å². The number of nitrogens with zero attached hydrogens (tertiary/aromatic N) is 4. The maximum absolute atomic E-state index is 11.1. The van der Waals surface area contributed by atoms with Crippen molar-refractivity contribution in [2.24, 2.45) is 0 Å². The zero-order valence-electron chi connectivity index (χ0n) is 10.2. The Labute approximate surface area is 99.1 Å². The van der Waals surface area contributed by atoms with E-state index in [-0.39, 0.29) is 5.91 Å². The van der Waals surface area contributed by atoms with Crippen molar-refractivity contribution in [3.05, 3.63) is 17.6 Å². The molecule has 0 fully saturated rings. The highest BCUT2D eigenvalue weighted by atomic mass is 16.1. The van der Waals surface area contributed by atoms with Crippen LogP contribution in [0.3, 0.4) is 0 Å². The van der Waals surface area contributed by atoms with Crippen LogP contribution in [-0.4, -0.2) is 25.5 Å². The molecular weight excluding hydrogens is 218 g/mol. The third-order valence-electron chi connectivity index (χ3n) is 2.46. The molecule has 6 nitrogen and oxygen atoms in total. The molecule has 2 heterocycles. The first kappa shape index (κ1) is 11.5. The molecule has 2 aromatic heterocycles. The number of carbonyl (C=O) groups excluding carboxylic acids is 1. The lowest BCUT2D eigenvalue weighted by Crippen LogP contribution is -2.10. The Bertz CT molecular complexity index is 560. The van der Waals surface area contributed by atoms with Crippen molar-refractivity contribution in [2.75, 3.05) is 5.32 Å². The van der Waals surface area contributed by atoms with Crippen LogP contribution in [0.5, 0.6) is 0 Å². The normalized spacial score (nSPS) is 10.8. The first-order chi connectivity index (χ1) is 8.13. The standard InChI is InChI=1S/C11H15N5O/c1-4-5-9-10-14-15-11(13-8(3)17)16(10)7(2)6-12-9/h6H,4-5H2,1-3H3,(H,13,15,17). The van der Waals surface area contributed by atoms with Gasteiger partial charge >= 0.3 is 0 Å². The van der Waals surface area contributed by atoms with Gasteiger partial charge < -0.3 is 0 Å². The highest BCUT2D eigenvalue weighted by Crippen LogP contribution is 2.15. The van der Waals surface area contributed by atoms with Crippen LogP contribution in [-0.2, 0) is 11.2 Å². The van der Waals surface area contributed by atoms with Crippen molar-refractivity contribution in [3.8, 4) is 0 Å². The summed E-state index contributed by atoms with van der Waals surface area (Å²) in [5.41, 5.74) is 2.52. The van der Waals surface area contributed by atoms with Gasteiger partial charge in [0, 0.05) is 18.8 Å². The van der Waals surface area contributed by atoms with Crippen LogP contribution in [0.2, 0.25) is 0 Å². The molecule has 0 spiro atoms. The molecule has 1 amide bonds. The van der Waals surface area contributed by atoms with Gasteiger partial charge in [0.25, 0.3) is 0 Å². The molecule has 0 radical (unpaired) electrons. The fraction of sp³-hybridized carbons (Fsp3) is 0.455. The summed E-state index contributed by atoms with van der Waals surface area (Å²) in [5, 5.41) is 10.7. The highest BCUT2D eigenvalue weighted by molar-refractivity contribution is 5.87. The average Bonchev–Trinajstić information content (AvgIpc) is 2.67. The molecule has 0 aliphatic rings. The van der Waals surface area contributed by atoms with Crippen LogP contribution < -0.4 is 5.32 Å². The summed E-state index contributed by atoms with van der Waals surface area (Å²) >= 11 is 0. The van der Waals surface area contributed by atoms with E-state index in [4.69, 9.17) is 0 Å². The van der Waals surface area contributed by atoms with Gasteiger partial charge in [0.15, 0.2) is 5.65 Å². The zero-order valence-corrected chi connectivity index (χ0v) is 10.2. The number of aromatic nitrogens is 4. The summed E-state index contributed by atoms with van der Waals surface area (Å²) in [6.45, 7) is 5.44. The van der Waals surface area contributed by atoms with E-state index in [1.807, 2.05) is 11.3 Å². The Hall–Kier alpha value is -1.98. The Morgan fingerprint density at radius 1 is 1.47 bits per heavy atom. The van der Waals surface area contributed by atoms with Gasteiger partial charge in [0.05, 0.1) is 5.69 Å². The fourth-order valence-electron chi connectivity index (χ4n) is 1.74. The molecular formula is C11H15N5O. The Morgan fingerprint density at radius 3 is 2.88 bits per heavy atom. The lowest BCUT2D eigenvalue weighted by molar-refractivity contribution is -0.114. The maximum atomic E-state index is 11.1. The SMILES string of the molecule is CCCc1ncc(C)n2c(NC(C)=O)nnc12. The molecule has 6 heteroatoms. The van der Waals surface area contributed by atoms with Crippen molar-refractivity contribution in [1.29, 1.82) is 0 Å². The van der Waals surface area contributed by atoms with Crippen molar-refractivity contribution in [3.63, 3.8) is 0 Å². The third-order valence-corrected chi connectivity index (χ3v) is 2.46. The molecule has 0 aliphatic carbocycles. The van der Waals surface area contributed by atoms with Crippen LogP contribution in [0, 0.1) is 6.92 Å². The minimum absolute atomic E-state index is 0.160. The van der Waals surface area contributed by atoms with Gasteiger partial charge in [0.2, 0.25) is 11.9 Å². The van der Waals surface area contributed by atoms with E-state index in [9.17, 15) is 4.79 Å². The van der Waals surface area contributed by atoms with Crippen LogP contribution in [0.1, 0.15) is 31.7 Å². The molecule has 0 atom stereocenters. The Morgan fingerprint density at radius 2 is 2.24 bits per heavy atom. The molecule has 0 bridgehead atoms. The quantitative estimate of drug-likeness (QED) is 0.868. The van der Waals surface area contributed by atoms with Crippen LogP contribution in [0.15, 0.2) is 6.20 Å². The number of hydrogen-bond acceptors (Lipinski definition) is 4. The highest BCUT2D eigenvalue weighted by Gasteiger charge is 2.12. The van der Waals surface area contributed by atoms with E-state index in [1.54, 1.807) is 6.20 Å². The maximum Gasteiger partial charge on any atom is 0.236 e. The lowest BCUT2D eigenvalue weighted by Gasteiger charge is -2.05. The second-order valence-corrected chi connectivity index (χ2v) is 3.96. The minimum Gasteiger partial charge on any atom is -0.295 e. The number of rotatable bonds is 3. The monoisotopic (exact) mass is 233 g/mol. The fourth-order valence-corrected chi connectivity index (χ4v) is 1.74. The molecule has 17 heavy (non-hydrogen) atoms. The van der Waals surface area contributed by atoms with Crippen molar-refractivity contribution >= 4 is 17.5 Å². The number of fused-ring (bicyclic) bond motifs is 1. The summed E-state index contributed by atoms with van der Waals surface area (Å²) < 4.78 is 1.82. The molecule has 1 N–H and O–H groups in total. The summed E-state index contributed by atoms with van der Waals surface area (Å²) in [7, 11) is 0. The molecule has 0 aromatic carbocycles. The molecule has 0 saturated carbocycles. The second-order valence-electron chi connectivity index (χ2n) is 3.96. The van der Waals surface area contributed by atoms with Gasteiger partial charge in [-0.1, -0.05) is 13.3 Å². The summed E-state index contributed by atoms with van der Waals surface area (Å²) in [4.78, 5) is 15.4. The Kier molecular flexibility index (Phi) is 3.03. The number of anilines is 1. The number of aryl methyl sites for hydroxylation is 2. The van der Waals surface area contributed by atoms with Crippen molar-refractivity contribution in [2.45, 2.75) is 33.6 Å². The molecule has 0 aliphatic heterocycles. The number of carbonyl (C=O) groups is 1. The van der Waals surface area contributed by atoms with E-state index in [0.717, 1.165) is 29.9 Å². The predicted molar refractivity (Wildman–Crippen MR) is 63.8 cm³/mol. The minimum atomic E-state index is -0.160. The average molecular weight is 233 g/mol. The van der Waals surface area contributed by atoms with E-state index in [1.165, 1.54) is 6.92 Å². The first-order valence-corrected chi connectivity index (χ1v) is 5.60. The molecule has 0 saturated heterocycles. The smallest absolute Gasteiger partial charge is 0.236 e. The Balaban J connectivity index is 2.58. The number of amides is 1. The summed E-state index contributed by atoms with van der Waals surface area (Å²) in [6, 6.07) is 0. The zero-order chi connectivity index (χ0) is 12.4. The van der Waals surface area contributed by atoms with Crippen molar-refractivity contribution < 1.29 is 4.79 Å². The van der Waals surface area contributed by atoms with Crippen LogP contribution in [0.25, 0.3) is 5.65 Å². The van der Waals surface area contributed by atoms with Gasteiger partial charge in [0.1, 0.15) is 0 Å². The number of hydrogen-bond donors (Lipinski definition) is 1. The molecule has 2 aromatic rings. The second kappa shape index (κ2) is 4.48. The van der Waals surface area contributed by atoms with E-state index in [0.29, 0.717) is 5.95 Å². The van der Waals surface area contributed by atoms with E-state index < -0.39 is 0 Å². The lowest BCUT2D eigenvalue weighted by atomic mass is 10.2. The summed E-state index contributed by atoms with van der Waals surface area (Å²) in [5.74, 6) is 0.289. The van der Waals surface area contributed by atoms with Gasteiger partial charge in [-0.2, -0.15) is 0 Å². The summed E-state index contributed by atoms with van der Waals surface area (Å²) in [6.07, 6.45) is 3.61. The molecule has 0 unspecified atom stereocenters. The van der Waals surface area contributed by atoms with Crippen LogP contribution in [0.4, 0.5) is 5.95 Å². The van der Waals surface area contributed by atoms with Gasteiger partial charge in [-0.05, 0) is 13.3 Å². The third kappa shape index (κ3) is 2.11. The topological polar surface area (TPSA) is 72.2 Å². The predicted octanol–water partition coefficient (Wildman–Crippen LogP) is 1.34. The van der Waals surface area contributed by atoms with E-state index in [2.05, 4.69) is 27.4 Å². The van der Waals surface area contributed by atoms with Gasteiger partial charge in [-0.25, -0.2) is 0 Å². The van der Waals surface area contributed by atoms with Crippen LogP contribution >= 0.6 is 0 Å². The molecule has 90 valence electrons.